The van der Waals surface area contributed by atoms with Gasteiger partial charge in [0.15, 0.2) is 6.29 Å². The summed E-state index contributed by atoms with van der Waals surface area (Å²) in [7, 11) is 0. The molecule has 0 spiro atoms. The van der Waals surface area contributed by atoms with Gasteiger partial charge in [-0.15, -0.1) is 0 Å². The Labute approximate surface area is 175 Å². The van der Waals surface area contributed by atoms with Gasteiger partial charge in [0.1, 0.15) is 11.5 Å². The molecular weight excluding hydrogens is 379 g/mol. The third kappa shape index (κ3) is 3.75. The minimum Gasteiger partial charge on any atom is -0.337 e. The second-order valence-corrected chi connectivity index (χ2v) is 7.53. The van der Waals surface area contributed by atoms with E-state index < -0.39 is 5.82 Å². The molecule has 0 aliphatic carbocycles. The summed E-state index contributed by atoms with van der Waals surface area (Å²) in [6.45, 7) is 3.17. The van der Waals surface area contributed by atoms with Crippen LogP contribution < -0.4 is 0 Å². The lowest BCUT2D eigenvalue weighted by Crippen LogP contribution is -2.29. The molecule has 1 atom stereocenters. The second-order valence-electron chi connectivity index (χ2n) is 7.53. The third-order valence-electron chi connectivity index (χ3n) is 5.81. The van der Waals surface area contributed by atoms with Crippen molar-refractivity contribution in [1.29, 1.82) is 0 Å². The Morgan fingerprint density at radius 2 is 1.97 bits per heavy atom. The van der Waals surface area contributed by atoms with Crippen molar-refractivity contribution in [3.05, 3.63) is 89.0 Å². The number of halogens is 1. The molecule has 0 radical (unpaired) electrons. The third-order valence-corrected chi connectivity index (χ3v) is 5.81. The van der Waals surface area contributed by atoms with E-state index in [-0.39, 0.29) is 17.5 Å². The van der Waals surface area contributed by atoms with Gasteiger partial charge in [0, 0.05) is 24.6 Å². The predicted molar refractivity (Wildman–Crippen MR) is 114 cm³/mol. The van der Waals surface area contributed by atoms with Gasteiger partial charge >= 0.3 is 0 Å². The second kappa shape index (κ2) is 8.57. The van der Waals surface area contributed by atoms with E-state index in [2.05, 4.69) is 30.1 Å². The van der Waals surface area contributed by atoms with E-state index in [1.807, 2.05) is 24.3 Å². The topological polar surface area (TPSA) is 50.3 Å². The van der Waals surface area contributed by atoms with E-state index in [1.165, 1.54) is 12.1 Å². The molecule has 2 aromatic carbocycles. The monoisotopic (exact) mass is 402 g/mol. The molecule has 1 unspecified atom stereocenters. The van der Waals surface area contributed by atoms with Gasteiger partial charge in [0.25, 0.3) is 5.91 Å². The highest BCUT2D eigenvalue weighted by atomic mass is 19.1. The number of rotatable bonds is 5. The first-order chi connectivity index (χ1) is 14.6. The molecule has 30 heavy (non-hydrogen) atoms. The van der Waals surface area contributed by atoms with Gasteiger partial charge in [-0.25, -0.2) is 9.37 Å². The molecule has 1 amide bonds. The van der Waals surface area contributed by atoms with Crippen molar-refractivity contribution >= 4 is 12.2 Å². The smallest absolute Gasteiger partial charge is 0.272 e. The number of hydrogen-bond acceptors (Lipinski definition) is 3. The Morgan fingerprint density at radius 3 is 2.63 bits per heavy atom. The van der Waals surface area contributed by atoms with E-state index in [4.69, 9.17) is 0 Å². The van der Waals surface area contributed by atoms with E-state index in [0.29, 0.717) is 13.1 Å². The van der Waals surface area contributed by atoms with E-state index in [1.54, 1.807) is 4.90 Å². The van der Waals surface area contributed by atoms with E-state index in [9.17, 15) is 14.0 Å². The van der Waals surface area contributed by atoms with Gasteiger partial charge in [0.05, 0.1) is 6.20 Å². The van der Waals surface area contributed by atoms with Crippen LogP contribution >= 0.6 is 0 Å². The van der Waals surface area contributed by atoms with Gasteiger partial charge in [-0.05, 0) is 47.2 Å². The number of benzene rings is 2. The summed E-state index contributed by atoms with van der Waals surface area (Å²) in [5.74, 6) is -0.585. The average molecular weight is 402 g/mol. The molecule has 152 valence electrons. The van der Waals surface area contributed by atoms with Gasteiger partial charge < -0.3 is 4.90 Å². The zero-order valence-electron chi connectivity index (χ0n) is 16.8. The van der Waals surface area contributed by atoms with Crippen LogP contribution in [0.25, 0.3) is 11.1 Å². The average Bonchev–Trinajstić information content (AvgIpc) is 3.28. The molecule has 5 heteroatoms. The molecule has 1 saturated heterocycles. The first kappa shape index (κ1) is 20.0. The Bertz CT molecular complexity index is 1060. The van der Waals surface area contributed by atoms with Crippen LogP contribution in [0.4, 0.5) is 4.39 Å². The SMILES string of the molecule is CCc1c(-c2ccccc2)ccc(C2CCN(C(=O)c3ccc(F)cn3)C2)c1C=O. The highest BCUT2D eigenvalue weighted by Crippen LogP contribution is 2.35. The maximum atomic E-state index is 13.1. The summed E-state index contributed by atoms with van der Waals surface area (Å²) in [5.41, 5.74) is 5.17. The molecular formula is C25H23FN2O2. The van der Waals surface area contributed by atoms with Crippen molar-refractivity contribution in [2.24, 2.45) is 0 Å². The first-order valence-electron chi connectivity index (χ1n) is 10.2. The molecule has 2 heterocycles. The molecule has 1 aromatic heterocycles. The van der Waals surface area contributed by atoms with Crippen LogP contribution in [0.5, 0.6) is 0 Å². The van der Waals surface area contributed by atoms with Gasteiger partial charge in [-0.1, -0.05) is 49.4 Å². The van der Waals surface area contributed by atoms with Crippen molar-refractivity contribution in [2.75, 3.05) is 13.1 Å². The standard InChI is InChI=1S/C25H23FN2O2/c1-2-20-21(17-6-4-3-5-7-17)9-10-22(23(20)16-29)18-12-13-28(15-18)25(30)24-11-8-19(26)14-27-24/h3-11,14,16,18H,2,12-13,15H2,1H3. The molecule has 3 aromatic rings. The van der Waals surface area contributed by atoms with Gasteiger partial charge in [-0.3, -0.25) is 9.59 Å². The Morgan fingerprint density at radius 1 is 1.17 bits per heavy atom. The van der Waals surface area contributed by atoms with Crippen LogP contribution in [0.3, 0.4) is 0 Å². The highest BCUT2D eigenvalue weighted by Gasteiger charge is 2.30. The summed E-state index contributed by atoms with van der Waals surface area (Å²) in [6, 6.07) is 16.8. The zero-order valence-corrected chi connectivity index (χ0v) is 16.8. The van der Waals surface area contributed by atoms with Crippen molar-refractivity contribution in [3.63, 3.8) is 0 Å². The summed E-state index contributed by atoms with van der Waals surface area (Å²) >= 11 is 0. The normalized spacial score (nSPS) is 15.9. The molecule has 1 aliphatic rings. The van der Waals surface area contributed by atoms with Crippen LogP contribution in [-0.4, -0.2) is 35.2 Å². The van der Waals surface area contributed by atoms with Gasteiger partial charge in [0.2, 0.25) is 0 Å². The fourth-order valence-electron chi connectivity index (χ4n) is 4.31. The van der Waals surface area contributed by atoms with Gasteiger partial charge in [-0.2, -0.15) is 0 Å². The Balaban J connectivity index is 1.62. The van der Waals surface area contributed by atoms with Crippen LogP contribution in [0.1, 0.15) is 51.2 Å². The fraction of sp³-hybridized carbons (Fsp3) is 0.240. The molecule has 1 aliphatic heterocycles. The molecule has 1 fully saturated rings. The van der Waals surface area contributed by atoms with Crippen LogP contribution in [-0.2, 0) is 6.42 Å². The summed E-state index contributed by atoms with van der Waals surface area (Å²) < 4.78 is 13.1. The Kier molecular flexibility index (Phi) is 5.70. The summed E-state index contributed by atoms with van der Waals surface area (Å²) in [5, 5.41) is 0. The van der Waals surface area contributed by atoms with Crippen molar-refractivity contribution < 1.29 is 14.0 Å². The van der Waals surface area contributed by atoms with Crippen molar-refractivity contribution in [1.82, 2.24) is 9.88 Å². The lowest BCUT2D eigenvalue weighted by molar-refractivity contribution is 0.0785. The lowest BCUT2D eigenvalue weighted by Gasteiger charge is -2.20. The molecule has 4 nitrogen and oxygen atoms in total. The molecule has 4 rings (SSSR count). The Hall–Kier alpha value is -3.34. The molecule has 0 saturated carbocycles. The molecule has 0 N–H and O–H groups in total. The molecule has 0 bridgehead atoms. The summed E-state index contributed by atoms with van der Waals surface area (Å²) in [4.78, 5) is 30.5. The number of hydrogen-bond donors (Lipinski definition) is 0. The largest absolute Gasteiger partial charge is 0.337 e. The number of likely N-dealkylation sites (tertiary alicyclic amines) is 1. The van der Waals surface area contributed by atoms with E-state index in [0.717, 1.165) is 53.1 Å². The number of amides is 1. The lowest BCUT2D eigenvalue weighted by atomic mass is 9.86. The minimum absolute atomic E-state index is 0.0877. The van der Waals surface area contributed by atoms with Crippen molar-refractivity contribution in [2.45, 2.75) is 25.7 Å². The number of carbonyl (C=O) groups excluding carboxylic acids is 2. The number of carbonyl (C=O) groups is 2. The van der Waals surface area contributed by atoms with E-state index >= 15 is 0 Å². The fourth-order valence-corrected chi connectivity index (χ4v) is 4.31. The zero-order chi connectivity index (χ0) is 21.1. The first-order valence-corrected chi connectivity index (χ1v) is 10.2. The van der Waals surface area contributed by atoms with Crippen LogP contribution in [0, 0.1) is 5.82 Å². The minimum atomic E-state index is -0.466. The maximum absolute atomic E-state index is 13.1. The number of aromatic nitrogens is 1. The highest BCUT2D eigenvalue weighted by molar-refractivity contribution is 5.92. The predicted octanol–water partition coefficient (Wildman–Crippen LogP) is 4.89. The number of aldehydes is 1. The van der Waals surface area contributed by atoms with Crippen LogP contribution in [0.2, 0.25) is 0 Å². The quantitative estimate of drug-likeness (QED) is 0.571. The number of pyridine rings is 1. The van der Waals surface area contributed by atoms with Crippen LogP contribution in [0.15, 0.2) is 60.8 Å². The summed E-state index contributed by atoms with van der Waals surface area (Å²) in [6.07, 6.45) is 3.54. The van der Waals surface area contributed by atoms with Crippen molar-refractivity contribution in [3.8, 4) is 11.1 Å². The maximum Gasteiger partial charge on any atom is 0.272 e. The number of nitrogens with zero attached hydrogens (tertiary/aromatic N) is 2.